The number of carbonyl (C=O) groups excluding carboxylic acids is 1. The summed E-state index contributed by atoms with van der Waals surface area (Å²) in [5, 5.41) is 3.40. The Morgan fingerprint density at radius 2 is 2.12 bits per heavy atom. The first kappa shape index (κ1) is 17.6. The molecule has 0 saturated heterocycles. The van der Waals surface area contributed by atoms with Crippen molar-refractivity contribution < 1.29 is 9.53 Å². The Bertz CT molecular complexity index is 763. The second kappa shape index (κ2) is 7.79. The highest BCUT2D eigenvalue weighted by atomic mass is 35.5. The maximum Gasteiger partial charge on any atom is 0.251 e. The van der Waals surface area contributed by atoms with E-state index in [9.17, 15) is 4.79 Å². The minimum atomic E-state index is -0.112. The molecule has 2 aromatic rings. The van der Waals surface area contributed by atoms with Gasteiger partial charge in [0, 0.05) is 30.4 Å². The molecule has 2 aromatic carbocycles. The molecule has 1 aliphatic rings. The van der Waals surface area contributed by atoms with E-state index in [-0.39, 0.29) is 5.91 Å². The van der Waals surface area contributed by atoms with Gasteiger partial charge in [-0.3, -0.25) is 4.79 Å². The minimum Gasteiger partial charge on any atom is -0.495 e. The Labute approximate surface area is 153 Å². The molecular formula is C20H23ClN2O2. The summed E-state index contributed by atoms with van der Waals surface area (Å²) < 4.78 is 5.10. The van der Waals surface area contributed by atoms with Gasteiger partial charge in [-0.15, -0.1) is 0 Å². The number of nitrogens with one attached hydrogen (secondary N) is 1. The predicted molar refractivity (Wildman–Crippen MR) is 102 cm³/mol. The van der Waals surface area contributed by atoms with Crippen molar-refractivity contribution in [1.82, 2.24) is 5.32 Å². The van der Waals surface area contributed by atoms with Gasteiger partial charge in [-0.1, -0.05) is 29.8 Å². The third kappa shape index (κ3) is 3.90. The van der Waals surface area contributed by atoms with Crippen LogP contribution >= 0.6 is 11.6 Å². The number of amides is 1. The van der Waals surface area contributed by atoms with Gasteiger partial charge in [-0.05, 0) is 49.6 Å². The van der Waals surface area contributed by atoms with Crippen LogP contribution in [0.25, 0.3) is 0 Å². The highest BCUT2D eigenvalue weighted by Gasteiger charge is 2.24. The molecule has 5 heteroatoms. The first-order valence-corrected chi connectivity index (χ1v) is 8.94. The Kier molecular flexibility index (Phi) is 5.49. The Hall–Kier alpha value is -2.20. The Balaban J connectivity index is 1.50. The number of nitrogens with zero attached hydrogens (tertiary/aromatic N) is 1. The monoisotopic (exact) mass is 358 g/mol. The van der Waals surface area contributed by atoms with Gasteiger partial charge >= 0.3 is 0 Å². The van der Waals surface area contributed by atoms with Gasteiger partial charge in [0.2, 0.25) is 0 Å². The van der Waals surface area contributed by atoms with Crippen molar-refractivity contribution in [2.24, 2.45) is 0 Å². The van der Waals surface area contributed by atoms with Gasteiger partial charge in [0.15, 0.2) is 0 Å². The summed E-state index contributed by atoms with van der Waals surface area (Å²) in [4.78, 5) is 14.7. The fourth-order valence-electron chi connectivity index (χ4n) is 3.33. The van der Waals surface area contributed by atoms with Crippen LogP contribution in [0, 0.1) is 0 Å². The zero-order chi connectivity index (χ0) is 17.8. The van der Waals surface area contributed by atoms with Gasteiger partial charge in [0.05, 0.1) is 12.1 Å². The summed E-state index contributed by atoms with van der Waals surface area (Å²) in [6.07, 6.45) is 1.99. The molecule has 0 saturated carbocycles. The summed E-state index contributed by atoms with van der Waals surface area (Å²) in [7, 11) is 1.55. The number of hydrogen-bond acceptors (Lipinski definition) is 3. The molecule has 1 aliphatic heterocycles. The van der Waals surface area contributed by atoms with Crippen molar-refractivity contribution in [3.8, 4) is 5.75 Å². The van der Waals surface area contributed by atoms with E-state index in [4.69, 9.17) is 16.3 Å². The Morgan fingerprint density at radius 3 is 2.88 bits per heavy atom. The molecule has 0 bridgehead atoms. The minimum absolute atomic E-state index is 0.112. The van der Waals surface area contributed by atoms with E-state index >= 15 is 0 Å². The fraction of sp³-hybridized carbons (Fsp3) is 0.350. The molecule has 1 amide bonds. The summed E-state index contributed by atoms with van der Waals surface area (Å²) in [6, 6.07) is 14.1. The van der Waals surface area contributed by atoms with Crippen LogP contribution in [0.3, 0.4) is 0 Å². The van der Waals surface area contributed by atoms with E-state index in [2.05, 4.69) is 41.4 Å². The number of hydrogen-bond donors (Lipinski definition) is 1. The van der Waals surface area contributed by atoms with Crippen LogP contribution in [0.1, 0.15) is 29.3 Å². The van der Waals surface area contributed by atoms with E-state index in [1.165, 1.54) is 11.3 Å². The van der Waals surface area contributed by atoms with Gasteiger partial charge in [-0.25, -0.2) is 0 Å². The summed E-state index contributed by atoms with van der Waals surface area (Å²) >= 11 is 6.07. The molecule has 25 heavy (non-hydrogen) atoms. The maximum absolute atomic E-state index is 12.2. The molecule has 0 radical (unpaired) electrons. The number of methoxy groups -OCH3 is 1. The van der Waals surface area contributed by atoms with Crippen LogP contribution < -0.4 is 15.0 Å². The molecule has 4 nitrogen and oxygen atoms in total. The molecule has 0 spiro atoms. The standard InChI is InChI=1S/C20H23ClN2O2/c1-14-12-15-6-3-4-7-18(15)23(14)11-5-10-22-20(24)16-8-9-19(25-2)17(21)13-16/h3-4,6-9,13-14H,5,10-12H2,1-2H3,(H,22,24). The van der Waals surface area contributed by atoms with Crippen molar-refractivity contribution in [2.45, 2.75) is 25.8 Å². The maximum atomic E-state index is 12.2. The predicted octanol–water partition coefficient (Wildman–Crippen LogP) is 3.92. The fourth-order valence-corrected chi connectivity index (χ4v) is 3.59. The lowest BCUT2D eigenvalue weighted by Gasteiger charge is -2.24. The summed E-state index contributed by atoms with van der Waals surface area (Å²) in [5.74, 6) is 0.458. The summed E-state index contributed by atoms with van der Waals surface area (Å²) in [6.45, 7) is 3.81. The van der Waals surface area contributed by atoms with Crippen molar-refractivity contribution in [3.05, 3.63) is 58.6 Å². The molecule has 0 fully saturated rings. The molecule has 1 atom stereocenters. The topological polar surface area (TPSA) is 41.6 Å². The molecule has 0 aromatic heterocycles. The zero-order valence-corrected chi connectivity index (χ0v) is 15.3. The van der Waals surface area contributed by atoms with E-state index in [1.54, 1.807) is 25.3 Å². The molecular weight excluding hydrogens is 336 g/mol. The van der Waals surface area contributed by atoms with Crippen molar-refractivity contribution in [2.75, 3.05) is 25.1 Å². The van der Waals surface area contributed by atoms with Gasteiger partial charge < -0.3 is 15.0 Å². The lowest BCUT2D eigenvalue weighted by Crippen LogP contribution is -2.33. The van der Waals surface area contributed by atoms with E-state index in [0.717, 1.165) is 19.4 Å². The number of benzene rings is 2. The highest BCUT2D eigenvalue weighted by molar-refractivity contribution is 6.32. The van der Waals surface area contributed by atoms with Crippen LogP contribution in [-0.2, 0) is 6.42 Å². The number of halogens is 1. The summed E-state index contributed by atoms with van der Waals surface area (Å²) in [5.41, 5.74) is 3.28. The quantitative estimate of drug-likeness (QED) is 0.796. The average molecular weight is 359 g/mol. The number of ether oxygens (including phenoxy) is 1. The zero-order valence-electron chi connectivity index (χ0n) is 14.6. The largest absolute Gasteiger partial charge is 0.495 e. The van der Waals surface area contributed by atoms with Crippen LogP contribution in [0.4, 0.5) is 5.69 Å². The molecule has 1 heterocycles. The highest BCUT2D eigenvalue weighted by Crippen LogP contribution is 2.31. The lowest BCUT2D eigenvalue weighted by atomic mass is 10.1. The molecule has 1 N–H and O–H groups in total. The first-order valence-electron chi connectivity index (χ1n) is 8.56. The third-order valence-corrected chi connectivity index (χ3v) is 4.92. The smallest absolute Gasteiger partial charge is 0.251 e. The van der Waals surface area contributed by atoms with E-state index in [0.29, 0.717) is 28.9 Å². The van der Waals surface area contributed by atoms with Crippen LogP contribution in [0.5, 0.6) is 5.75 Å². The van der Waals surface area contributed by atoms with Gasteiger partial charge in [0.1, 0.15) is 5.75 Å². The number of fused-ring (bicyclic) bond motifs is 1. The van der Waals surface area contributed by atoms with Crippen LogP contribution in [0.15, 0.2) is 42.5 Å². The first-order chi connectivity index (χ1) is 12.1. The third-order valence-electron chi connectivity index (χ3n) is 4.62. The van der Waals surface area contributed by atoms with Gasteiger partial charge in [-0.2, -0.15) is 0 Å². The normalized spacial score (nSPS) is 15.8. The molecule has 132 valence electrons. The second-order valence-electron chi connectivity index (χ2n) is 6.33. The number of para-hydroxylation sites is 1. The Morgan fingerprint density at radius 1 is 1.32 bits per heavy atom. The molecule has 3 rings (SSSR count). The molecule has 0 aliphatic carbocycles. The van der Waals surface area contributed by atoms with Crippen molar-refractivity contribution >= 4 is 23.2 Å². The molecule has 1 unspecified atom stereocenters. The van der Waals surface area contributed by atoms with E-state index < -0.39 is 0 Å². The number of anilines is 1. The lowest BCUT2D eigenvalue weighted by molar-refractivity contribution is 0.0953. The van der Waals surface area contributed by atoms with Crippen LogP contribution in [0.2, 0.25) is 5.02 Å². The van der Waals surface area contributed by atoms with Crippen molar-refractivity contribution in [3.63, 3.8) is 0 Å². The van der Waals surface area contributed by atoms with Crippen LogP contribution in [-0.4, -0.2) is 32.1 Å². The average Bonchev–Trinajstić information content (AvgIpc) is 2.93. The van der Waals surface area contributed by atoms with E-state index in [1.807, 2.05) is 0 Å². The van der Waals surface area contributed by atoms with Gasteiger partial charge in [0.25, 0.3) is 5.91 Å². The number of carbonyl (C=O) groups is 1. The van der Waals surface area contributed by atoms with Crippen molar-refractivity contribution in [1.29, 1.82) is 0 Å². The number of rotatable bonds is 6. The SMILES string of the molecule is COc1ccc(C(=O)NCCCN2c3ccccc3CC2C)cc1Cl. The second-order valence-corrected chi connectivity index (χ2v) is 6.74.